The summed E-state index contributed by atoms with van der Waals surface area (Å²) in [6.45, 7) is 3.76. The lowest BCUT2D eigenvalue weighted by Gasteiger charge is -2.15. The number of nitrogens with one attached hydrogen (secondary N) is 1. The lowest BCUT2D eigenvalue weighted by atomic mass is 10.0. The van der Waals surface area contributed by atoms with E-state index in [0.29, 0.717) is 11.5 Å². The molecule has 4 rings (SSSR count). The van der Waals surface area contributed by atoms with Crippen molar-refractivity contribution >= 4 is 33.0 Å². The maximum absolute atomic E-state index is 12.8. The molecular weight excluding hydrogens is 396 g/mol. The predicted octanol–water partition coefficient (Wildman–Crippen LogP) is 3.67. The molecule has 0 saturated carbocycles. The highest BCUT2D eigenvalue weighted by Gasteiger charge is 2.30. The van der Waals surface area contributed by atoms with Gasteiger partial charge in [-0.1, -0.05) is 6.92 Å². The zero-order chi connectivity index (χ0) is 20.1. The number of thiophene rings is 1. The second-order valence-electron chi connectivity index (χ2n) is 7.53. The molecule has 7 nitrogen and oxygen atoms in total. The fourth-order valence-corrected chi connectivity index (χ4v) is 6.17. The van der Waals surface area contributed by atoms with Crippen molar-refractivity contribution in [2.75, 3.05) is 5.32 Å². The molecule has 3 atom stereocenters. The van der Waals surface area contributed by atoms with Gasteiger partial charge in [-0.15, -0.1) is 15.7 Å². The van der Waals surface area contributed by atoms with Crippen molar-refractivity contribution in [1.82, 2.24) is 4.98 Å². The number of aryl methyl sites for hydroxylation is 1. The summed E-state index contributed by atoms with van der Waals surface area (Å²) >= 11 is 1.13. The molecule has 2 aliphatic carbocycles. The van der Waals surface area contributed by atoms with Crippen LogP contribution in [0.5, 0.6) is 0 Å². The quantitative estimate of drug-likeness (QED) is 0.702. The summed E-state index contributed by atoms with van der Waals surface area (Å²) in [5.41, 5.74) is 5.66. The normalized spacial score (nSPS) is 20.9. The Morgan fingerprint density at radius 2 is 2.21 bits per heavy atom. The number of fused-ring (bicyclic) bond motifs is 2. The summed E-state index contributed by atoms with van der Waals surface area (Å²) in [7, 11) is -3.38. The largest absolute Gasteiger partial charge is 0.389 e. The van der Waals surface area contributed by atoms with E-state index in [9.17, 15) is 14.1 Å². The fourth-order valence-electron chi connectivity index (χ4n) is 3.95. The number of aliphatic hydroxyl groups excluding tert-OH is 1. The first-order valence-corrected chi connectivity index (χ1v) is 11.9. The number of urea groups is 1. The minimum atomic E-state index is -3.38. The van der Waals surface area contributed by atoms with Gasteiger partial charge in [0.15, 0.2) is 9.92 Å². The van der Waals surface area contributed by atoms with Gasteiger partial charge in [-0.2, -0.15) is 0 Å². The van der Waals surface area contributed by atoms with E-state index in [0.717, 1.165) is 71.6 Å². The number of nitrogens with zero attached hydrogens (tertiary/aromatic N) is 2. The van der Waals surface area contributed by atoms with E-state index in [1.54, 1.807) is 12.3 Å². The van der Waals surface area contributed by atoms with Crippen LogP contribution >= 0.6 is 11.3 Å². The molecule has 2 heterocycles. The van der Waals surface area contributed by atoms with Gasteiger partial charge in [0.05, 0.1) is 11.8 Å². The molecule has 4 N–H and O–H groups in total. The third-order valence-electron chi connectivity index (χ3n) is 5.47. The van der Waals surface area contributed by atoms with Gasteiger partial charge >= 0.3 is 6.03 Å². The summed E-state index contributed by atoms with van der Waals surface area (Å²) in [4.78, 5) is 17.5. The maximum Gasteiger partial charge on any atom is 0.354 e. The standard InChI is InChI=1S/C19H24N4O3S2/c1-10-6-7-14-17(10)21-15-5-3-4-13(15)18(14)22-19(25)23-28(20,26)16-8-12(9-27-16)11(2)24/h8-11,24H,3-7H2,1-2H3,(H3,20,21,22,23,25,26)/t10-,11?,28?/m1/s1. The maximum atomic E-state index is 12.8. The Balaban J connectivity index is 1.67. The Labute approximate surface area is 168 Å². The minimum Gasteiger partial charge on any atom is -0.389 e. The molecule has 2 aromatic rings. The third-order valence-corrected chi connectivity index (χ3v) is 8.34. The summed E-state index contributed by atoms with van der Waals surface area (Å²) < 4.78 is 16.9. The number of aliphatic hydroxyl groups is 1. The first kappa shape index (κ1) is 19.5. The zero-order valence-electron chi connectivity index (χ0n) is 15.9. The van der Waals surface area contributed by atoms with Gasteiger partial charge in [-0.25, -0.2) is 14.1 Å². The van der Waals surface area contributed by atoms with Crippen molar-refractivity contribution in [3.63, 3.8) is 0 Å². The second kappa shape index (κ2) is 7.22. The summed E-state index contributed by atoms with van der Waals surface area (Å²) in [5, 5.41) is 20.0. The van der Waals surface area contributed by atoms with E-state index >= 15 is 0 Å². The lowest BCUT2D eigenvalue weighted by molar-refractivity contribution is 0.199. The van der Waals surface area contributed by atoms with Crippen molar-refractivity contribution in [2.24, 2.45) is 9.50 Å². The van der Waals surface area contributed by atoms with Crippen LogP contribution in [0.3, 0.4) is 0 Å². The number of amides is 2. The highest BCUT2D eigenvalue weighted by atomic mass is 32.2. The molecule has 0 saturated heterocycles. The summed E-state index contributed by atoms with van der Waals surface area (Å²) in [6, 6.07) is 0.833. The van der Waals surface area contributed by atoms with Crippen molar-refractivity contribution in [3.8, 4) is 0 Å². The van der Waals surface area contributed by atoms with E-state index in [1.165, 1.54) is 6.07 Å². The van der Waals surface area contributed by atoms with Crippen molar-refractivity contribution in [1.29, 1.82) is 0 Å². The Kier molecular flexibility index (Phi) is 5.03. The Bertz CT molecular complexity index is 1070. The molecular formula is C19H24N4O3S2. The van der Waals surface area contributed by atoms with Gasteiger partial charge in [-0.05, 0) is 73.1 Å². The number of carbonyl (C=O) groups is 1. The van der Waals surface area contributed by atoms with Crippen molar-refractivity contribution in [3.05, 3.63) is 39.5 Å². The monoisotopic (exact) mass is 420 g/mol. The zero-order valence-corrected chi connectivity index (χ0v) is 17.5. The Morgan fingerprint density at radius 3 is 2.93 bits per heavy atom. The number of anilines is 1. The summed E-state index contributed by atoms with van der Waals surface area (Å²) in [5.74, 6) is 0.372. The van der Waals surface area contributed by atoms with E-state index in [-0.39, 0.29) is 4.21 Å². The van der Waals surface area contributed by atoms with Crippen molar-refractivity contribution in [2.45, 2.75) is 62.2 Å². The molecule has 9 heteroatoms. The molecule has 0 bridgehead atoms. The van der Waals surface area contributed by atoms with Gasteiger partial charge in [0.25, 0.3) is 0 Å². The van der Waals surface area contributed by atoms with Crippen LogP contribution in [-0.2, 0) is 29.2 Å². The molecule has 2 aromatic heterocycles. The van der Waals surface area contributed by atoms with Gasteiger partial charge < -0.3 is 10.4 Å². The highest BCUT2D eigenvalue weighted by Crippen LogP contribution is 2.41. The van der Waals surface area contributed by atoms with Crippen LogP contribution in [0, 0.1) is 0 Å². The topological polar surface area (TPSA) is 118 Å². The molecule has 0 fully saturated rings. The van der Waals surface area contributed by atoms with E-state index in [1.807, 2.05) is 0 Å². The molecule has 2 unspecified atom stereocenters. The Hall–Kier alpha value is -1.81. The average molecular weight is 421 g/mol. The fraction of sp³-hybridized carbons (Fsp3) is 0.474. The SMILES string of the molecule is CC(O)c1csc(S(N)(=O)=NC(=O)Nc2c3c(nc4c2CC[C@H]4C)CCC3)c1. The van der Waals surface area contributed by atoms with Crippen LogP contribution in [-0.4, -0.2) is 20.3 Å². The van der Waals surface area contributed by atoms with Gasteiger partial charge in [0.1, 0.15) is 4.21 Å². The smallest absolute Gasteiger partial charge is 0.354 e. The van der Waals surface area contributed by atoms with Crippen LogP contribution in [0.4, 0.5) is 10.5 Å². The van der Waals surface area contributed by atoms with E-state index < -0.39 is 22.1 Å². The minimum absolute atomic E-state index is 0.275. The molecule has 0 spiro atoms. The number of hydrogen-bond acceptors (Lipinski definition) is 5. The predicted molar refractivity (Wildman–Crippen MR) is 110 cm³/mol. The average Bonchev–Trinajstić information content (AvgIpc) is 3.34. The molecule has 2 amide bonds. The van der Waals surface area contributed by atoms with Crippen LogP contribution in [0.25, 0.3) is 0 Å². The van der Waals surface area contributed by atoms with E-state index in [2.05, 4.69) is 16.6 Å². The number of carbonyl (C=O) groups excluding carboxylic acids is 1. The molecule has 2 aliphatic rings. The molecule has 0 aromatic carbocycles. The molecule has 0 aliphatic heterocycles. The number of hydrogen-bond donors (Lipinski definition) is 3. The van der Waals surface area contributed by atoms with Gasteiger partial charge in [-0.3, -0.25) is 4.98 Å². The van der Waals surface area contributed by atoms with Crippen LogP contribution < -0.4 is 10.5 Å². The summed E-state index contributed by atoms with van der Waals surface area (Å²) in [6.07, 6.45) is 3.99. The van der Waals surface area contributed by atoms with Crippen LogP contribution in [0.2, 0.25) is 0 Å². The first-order chi connectivity index (χ1) is 13.3. The molecule has 150 valence electrons. The highest BCUT2D eigenvalue weighted by molar-refractivity contribution is 7.93. The molecule has 0 radical (unpaired) electrons. The third kappa shape index (κ3) is 3.47. The van der Waals surface area contributed by atoms with Gasteiger partial charge in [0.2, 0.25) is 0 Å². The Morgan fingerprint density at radius 1 is 1.43 bits per heavy atom. The second-order valence-corrected chi connectivity index (χ2v) is 10.5. The number of pyridine rings is 1. The number of nitrogens with two attached hydrogens (primary N) is 1. The lowest BCUT2D eigenvalue weighted by Crippen LogP contribution is -2.18. The number of aromatic nitrogens is 1. The molecule has 28 heavy (non-hydrogen) atoms. The first-order valence-electron chi connectivity index (χ1n) is 9.43. The van der Waals surface area contributed by atoms with Crippen LogP contribution in [0.1, 0.15) is 66.8 Å². The van der Waals surface area contributed by atoms with E-state index in [4.69, 9.17) is 10.1 Å². The van der Waals surface area contributed by atoms with Crippen molar-refractivity contribution < 1.29 is 14.1 Å². The number of rotatable bonds is 3. The van der Waals surface area contributed by atoms with Gasteiger partial charge in [0, 0.05) is 11.4 Å². The van der Waals surface area contributed by atoms with Crippen LogP contribution in [0.15, 0.2) is 20.0 Å².